The summed E-state index contributed by atoms with van der Waals surface area (Å²) in [7, 11) is 0. The lowest BCUT2D eigenvalue weighted by molar-refractivity contribution is -0.136. The van der Waals surface area contributed by atoms with Gasteiger partial charge in [-0.25, -0.2) is 4.98 Å². The van der Waals surface area contributed by atoms with E-state index in [2.05, 4.69) is 10.3 Å². The number of alkyl halides is 3. The highest BCUT2D eigenvalue weighted by molar-refractivity contribution is 5.89. The summed E-state index contributed by atoms with van der Waals surface area (Å²) >= 11 is 0. The third-order valence-electron chi connectivity index (χ3n) is 3.44. The van der Waals surface area contributed by atoms with Gasteiger partial charge in [0.2, 0.25) is 5.88 Å². The van der Waals surface area contributed by atoms with E-state index in [1.165, 1.54) is 12.1 Å². The number of rotatable bonds is 2. The molecule has 7 heteroatoms. The summed E-state index contributed by atoms with van der Waals surface area (Å²) in [6, 6.07) is 3.94. The smallest absolute Gasteiger partial charge is 0.417 e. The maximum absolute atomic E-state index is 13.4. The SMILES string of the molecule is CC1COc2cc3nc(OC(C)C)cc(C(F)(F)F)c3cc2N1. The Morgan fingerprint density at radius 1 is 1.30 bits per heavy atom. The van der Waals surface area contributed by atoms with E-state index in [1.54, 1.807) is 13.8 Å². The van der Waals surface area contributed by atoms with E-state index >= 15 is 0 Å². The Morgan fingerprint density at radius 3 is 2.70 bits per heavy atom. The second-order valence-corrected chi connectivity index (χ2v) is 5.89. The van der Waals surface area contributed by atoms with Crippen LogP contribution in [0.2, 0.25) is 0 Å². The van der Waals surface area contributed by atoms with Crippen molar-refractivity contribution in [2.75, 3.05) is 11.9 Å². The van der Waals surface area contributed by atoms with Gasteiger partial charge in [0.25, 0.3) is 0 Å². The quantitative estimate of drug-likeness (QED) is 0.897. The summed E-state index contributed by atoms with van der Waals surface area (Å²) in [6.45, 7) is 5.82. The van der Waals surface area contributed by atoms with Gasteiger partial charge in [0.05, 0.1) is 28.9 Å². The lowest BCUT2D eigenvalue weighted by Crippen LogP contribution is -2.28. The molecule has 0 bridgehead atoms. The molecule has 124 valence electrons. The Kier molecular flexibility index (Phi) is 3.74. The molecule has 0 fully saturated rings. The van der Waals surface area contributed by atoms with Gasteiger partial charge in [-0.2, -0.15) is 13.2 Å². The number of aromatic nitrogens is 1. The first-order valence-corrected chi connectivity index (χ1v) is 7.36. The van der Waals surface area contributed by atoms with Gasteiger partial charge >= 0.3 is 6.18 Å². The first-order chi connectivity index (χ1) is 10.7. The van der Waals surface area contributed by atoms with Crippen molar-refractivity contribution in [2.45, 2.75) is 39.1 Å². The van der Waals surface area contributed by atoms with Crippen molar-refractivity contribution >= 4 is 16.6 Å². The molecule has 0 saturated carbocycles. The minimum Gasteiger partial charge on any atom is -0.489 e. The van der Waals surface area contributed by atoms with E-state index < -0.39 is 11.7 Å². The molecule has 0 aliphatic carbocycles. The van der Waals surface area contributed by atoms with Gasteiger partial charge in [-0.1, -0.05) is 0 Å². The number of pyridine rings is 1. The lowest BCUT2D eigenvalue weighted by Gasteiger charge is -2.25. The molecule has 2 aromatic rings. The summed E-state index contributed by atoms with van der Waals surface area (Å²) in [5, 5.41) is 3.15. The second-order valence-electron chi connectivity index (χ2n) is 5.89. The molecular weight excluding hydrogens is 309 g/mol. The van der Waals surface area contributed by atoms with Crippen LogP contribution in [0, 0.1) is 0 Å². The van der Waals surface area contributed by atoms with Crippen LogP contribution in [0.5, 0.6) is 11.6 Å². The number of halogens is 3. The third-order valence-corrected chi connectivity index (χ3v) is 3.44. The van der Waals surface area contributed by atoms with Crippen LogP contribution in [0.3, 0.4) is 0 Å². The standard InChI is InChI=1S/C16H17F3N2O2/c1-8(2)23-15-5-11(16(17,18)19)10-4-13-14(6-12(10)21-15)22-7-9(3)20-13/h4-6,8-9,20H,7H2,1-3H3. The molecule has 1 aromatic carbocycles. The zero-order valence-corrected chi connectivity index (χ0v) is 13.0. The van der Waals surface area contributed by atoms with Gasteiger partial charge in [0.15, 0.2) is 0 Å². The van der Waals surface area contributed by atoms with Crippen LogP contribution in [-0.2, 0) is 6.18 Å². The maximum atomic E-state index is 13.4. The highest BCUT2D eigenvalue weighted by atomic mass is 19.4. The summed E-state index contributed by atoms with van der Waals surface area (Å²) in [4.78, 5) is 4.19. The summed E-state index contributed by atoms with van der Waals surface area (Å²) in [5.41, 5.74) is -0.0207. The second kappa shape index (κ2) is 5.47. The molecule has 0 spiro atoms. The molecule has 0 amide bonds. The monoisotopic (exact) mass is 326 g/mol. The molecule has 3 rings (SSSR count). The Labute approximate surface area is 131 Å². The molecule has 1 aliphatic heterocycles. The zero-order chi connectivity index (χ0) is 16.8. The number of hydrogen-bond acceptors (Lipinski definition) is 4. The topological polar surface area (TPSA) is 43.4 Å². The maximum Gasteiger partial charge on any atom is 0.417 e. The number of benzene rings is 1. The average molecular weight is 326 g/mol. The zero-order valence-electron chi connectivity index (χ0n) is 13.0. The molecule has 0 saturated heterocycles. The predicted octanol–water partition coefficient (Wildman–Crippen LogP) is 4.23. The number of ether oxygens (including phenoxy) is 2. The highest BCUT2D eigenvalue weighted by Gasteiger charge is 2.34. The molecule has 4 nitrogen and oxygen atoms in total. The summed E-state index contributed by atoms with van der Waals surface area (Å²) < 4.78 is 51.1. The van der Waals surface area contributed by atoms with Crippen LogP contribution in [0.15, 0.2) is 18.2 Å². The molecule has 1 aromatic heterocycles. The number of nitrogens with one attached hydrogen (secondary N) is 1. The molecular formula is C16H17F3N2O2. The first-order valence-electron chi connectivity index (χ1n) is 7.36. The summed E-state index contributed by atoms with van der Waals surface area (Å²) in [6.07, 6.45) is -4.76. The van der Waals surface area contributed by atoms with Gasteiger partial charge in [-0.3, -0.25) is 0 Å². The average Bonchev–Trinajstić information content (AvgIpc) is 2.43. The van der Waals surface area contributed by atoms with E-state index in [0.29, 0.717) is 18.0 Å². The fraction of sp³-hybridized carbons (Fsp3) is 0.438. The molecule has 23 heavy (non-hydrogen) atoms. The third kappa shape index (κ3) is 3.13. The van der Waals surface area contributed by atoms with Crippen LogP contribution in [0.4, 0.5) is 18.9 Å². The number of fused-ring (bicyclic) bond motifs is 2. The summed E-state index contributed by atoms with van der Waals surface area (Å²) in [5.74, 6) is 0.454. The van der Waals surface area contributed by atoms with E-state index in [4.69, 9.17) is 9.47 Å². The molecule has 1 aliphatic rings. The minimum atomic E-state index is -4.49. The molecule has 2 heterocycles. The fourth-order valence-corrected chi connectivity index (χ4v) is 2.52. The van der Waals surface area contributed by atoms with E-state index in [0.717, 1.165) is 6.07 Å². The molecule has 1 unspecified atom stereocenters. The van der Waals surface area contributed by atoms with Crippen molar-refractivity contribution in [3.8, 4) is 11.6 Å². The number of nitrogens with zero attached hydrogens (tertiary/aromatic N) is 1. The molecule has 1 atom stereocenters. The number of hydrogen-bond donors (Lipinski definition) is 1. The van der Waals surface area contributed by atoms with Crippen LogP contribution >= 0.6 is 0 Å². The van der Waals surface area contributed by atoms with Gasteiger partial charge in [-0.05, 0) is 26.8 Å². The van der Waals surface area contributed by atoms with Crippen molar-refractivity contribution in [2.24, 2.45) is 0 Å². The Bertz CT molecular complexity index is 744. The highest BCUT2D eigenvalue weighted by Crippen LogP contribution is 2.41. The number of anilines is 1. The first kappa shape index (κ1) is 15.7. The van der Waals surface area contributed by atoms with Gasteiger partial charge < -0.3 is 14.8 Å². The van der Waals surface area contributed by atoms with Gasteiger partial charge in [-0.15, -0.1) is 0 Å². The lowest BCUT2D eigenvalue weighted by atomic mass is 10.1. The predicted molar refractivity (Wildman–Crippen MR) is 81.1 cm³/mol. The Hall–Kier alpha value is -2.18. The van der Waals surface area contributed by atoms with Crippen molar-refractivity contribution in [3.05, 3.63) is 23.8 Å². The normalized spacial score (nSPS) is 17.6. The van der Waals surface area contributed by atoms with E-state index in [9.17, 15) is 13.2 Å². The van der Waals surface area contributed by atoms with Crippen LogP contribution in [-0.4, -0.2) is 23.7 Å². The van der Waals surface area contributed by atoms with E-state index in [-0.39, 0.29) is 28.9 Å². The van der Waals surface area contributed by atoms with Crippen molar-refractivity contribution < 1.29 is 22.6 Å². The van der Waals surface area contributed by atoms with Crippen molar-refractivity contribution in [3.63, 3.8) is 0 Å². The van der Waals surface area contributed by atoms with Crippen LogP contribution < -0.4 is 14.8 Å². The van der Waals surface area contributed by atoms with Gasteiger partial charge in [0, 0.05) is 17.5 Å². The fourth-order valence-electron chi connectivity index (χ4n) is 2.52. The van der Waals surface area contributed by atoms with Crippen LogP contribution in [0.1, 0.15) is 26.3 Å². The van der Waals surface area contributed by atoms with Crippen molar-refractivity contribution in [1.29, 1.82) is 0 Å². The van der Waals surface area contributed by atoms with Gasteiger partial charge in [0.1, 0.15) is 12.4 Å². The van der Waals surface area contributed by atoms with E-state index in [1.807, 2.05) is 6.92 Å². The molecule has 0 radical (unpaired) electrons. The largest absolute Gasteiger partial charge is 0.489 e. The molecule has 1 N–H and O–H groups in total. The Morgan fingerprint density at radius 2 is 2.04 bits per heavy atom. The minimum absolute atomic E-state index is 0.0255. The van der Waals surface area contributed by atoms with Crippen molar-refractivity contribution in [1.82, 2.24) is 4.98 Å². The van der Waals surface area contributed by atoms with Crippen LogP contribution in [0.25, 0.3) is 10.9 Å². The Balaban J connectivity index is 2.21.